The largest absolute Gasteiger partial charge is 0.756 e. The van der Waals surface area contributed by atoms with Gasteiger partial charge in [0, 0.05) is 6.42 Å². The Kier molecular flexibility index (Phi) is 61.3. The number of allylic oxidation sites excluding steroid dienone is 9. The first kappa shape index (κ1) is 79.2. The van der Waals surface area contributed by atoms with Gasteiger partial charge in [-0.1, -0.05) is 319 Å². The monoisotopic (exact) mass is 1160 g/mol. The molecule has 0 fully saturated rings. The molecular weight excluding hydrogens is 1020 g/mol. The lowest BCUT2D eigenvalue weighted by atomic mass is 10.0. The molecule has 8 nitrogen and oxygen atoms in total. The smallest absolute Gasteiger partial charge is 0.268 e. The molecule has 0 aliphatic heterocycles. The Morgan fingerprint density at radius 1 is 0.432 bits per heavy atom. The number of carbonyl (C=O) groups excluding carboxylic acids is 1. The number of amides is 1. The molecule has 0 rings (SSSR count). The van der Waals surface area contributed by atoms with Gasteiger partial charge in [-0.15, -0.1) is 0 Å². The van der Waals surface area contributed by atoms with E-state index in [0.717, 1.165) is 51.4 Å². The number of aliphatic hydroxyl groups excluding tert-OH is 1. The van der Waals surface area contributed by atoms with Gasteiger partial charge in [-0.05, 0) is 77.0 Å². The second-order valence-electron chi connectivity index (χ2n) is 25.2. The predicted molar refractivity (Wildman–Crippen MR) is 353 cm³/mol. The van der Waals surface area contributed by atoms with Crippen molar-refractivity contribution in [1.29, 1.82) is 0 Å². The number of likely N-dealkylation sites (N-methyl/N-ethyl adjacent to an activating group) is 1. The van der Waals surface area contributed by atoms with Gasteiger partial charge in [-0.2, -0.15) is 0 Å². The minimum atomic E-state index is -4.62. The molecule has 0 bridgehead atoms. The quantitative estimate of drug-likeness (QED) is 0.0272. The summed E-state index contributed by atoms with van der Waals surface area (Å²) in [5.41, 5.74) is 0. The lowest BCUT2D eigenvalue weighted by Crippen LogP contribution is -2.45. The molecule has 81 heavy (non-hydrogen) atoms. The van der Waals surface area contributed by atoms with Crippen LogP contribution in [0.3, 0.4) is 0 Å². The summed E-state index contributed by atoms with van der Waals surface area (Å²) in [6.45, 7) is 4.65. The van der Waals surface area contributed by atoms with Crippen LogP contribution in [0.5, 0.6) is 0 Å². The zero-order chi connectivity index (χ0) is 59.1. The Morgan fingerprint density at radius 3 is 1.07 bits per heavy atom. The standard InChI is InChI=1S/C72H137N2O6P/c1-6-8-10-12-14-16-18-20-22-24-26-28-30-32-33-34-35-36-37-38-39-40-41-42-44-46-48-50-52-54-56-58-60-62-64-66-72(76)73-70(69-80-81(77,78)79-68-67-74(3,4)5)71(75)65-63-61-59-57-55-53-51-49-47-45-43-31-29-27-25-23-21-19-17-15-13-11-9-7-2/h18,20,24,26,47,49,55,57,63,65,70-71,75H,6-17,19,21-23,25,27-46,48,50-54,56,58-62,64,66-69H2,1-5H3,(H-,73,76,77,78)/b20-18-,26-24-,49-47+,57-55+,65-63+. The van der Waals surface area contributed by atoms with Crippen molar-refractivity contribution in [2.24, 2.45) is 0 Å². The predicted octanol–water partition coefficient (Wildman–Crippen LogP) is 21.8. The molecule has 9 heteroatoms. The summed E-state index contributed by atoms with van der Waals surface area (Å²) in [6, 6.07) is -0.911. The maximum atomic E-state index is 13.0. The number of quaternary nitrogens is 1. The fourth-order valence-electron chi connectivity index (χ4n) is 10.5. The highest BCUT2D eigenvalue weighted by Gasteiger charge is 2.23. The van der Waals surface area contributed by atoms with Crippen LogP contribution in [-0.4, -0.2) is 68.5 Å². The van der Waals surface area contributed by atoms with E-state index in [1.165, 1.54) is 270 Å². The molecule has 0 radical (unpaired) electrons. The number of nitrogens with zero attached hydrogens (tertiary/aromatic N) is 1. The molecule has 0 aromatic rings. The van der Waals surface area contributed by atoms with Crippen LogP contribution in [0.25, 0.3) is 0 Å². The number of hydrogen-bond donors (Lipinski definition) is 2. The van der Waals surface area contributed by atoms with Crippen molar-refractivity contribution in [1.82, 2.24) is 5.32 Å². The molecule has 3 atom stereocenters. The summed E-state index contributed by atoms with van der Waals surface area (Å²) in [4.78, 5) is 25.6. The van der Waals surface area contributed by atoms with E-state index in [4.69, 9.17) is 9.05 Å². The van der Waals surface area contributed by atoms with Crippen LogP contribution in [0.4, 0.5) is 0 Å². The molecule has 0 aromatic carbocycles. The number of aliphatic hydroxyl groups is 1. The first-order chi connectivity index (χ1) is 39.5. The highest BCUT2D eigenvalue weighted by Crippen LogP contribution is 2.38. The summed E-state index contributed by atoms with van der Waals surface area (Å²) in [6.07, 6.45) is 86.4. The average molecular weight is 1160 g/mol. The number of phosphoric ester groups is 1. The Balaban J connectivity index is 4.06. The first-order valence-corrected chi connectivity index (χ1v) is 36.6. The van der Waals surface area contributed by atoms with Gasteiger partial charge < -0.3 is 28.8 Å². The fourth-order valence-corrected chi connectivity index (χ4v) is 11.2. The second-order valence-corrected chi connectivity index (χ2v) is 26.6. The molecule has 0 saturated heterocycles. The third-order valence-corrected chi connectivity index (χ3v) is 16.9. The van der Waals surface area contributed by atoms with Crippen molar-refractivity contribution < 1.29 is 32.9 Å². The van der Waals surface area contributed by atoms with Crippen LogP contribution < -0.4 is 10.2 Å². The number of unbranched alkanes of at least 4 members (excludes halogenated alkanes) is 44. The van der Waals surface area contributed by atoms with Crippen LogP contribution >= 0.6 is 7.82 Å². The van der Waals surface area contributed by atoms with Gasteiger partial charge in [0.05, 0.1) is 39.9 Å². The van der Waals surface area contributed by atoms with Crippen LogP contribution in [0.15, 0.2) is 60.8 Å². The molecule has 0 saturated carbocycles. The average Bonchev–Trinajstić information content (AvgIpc) is 3.43. The van der Waals surface area contributed by atoms with Crippen LogP contribution in [0, 0.1) is 0 Å². The molecule has 0 aliphatic rings. The van der Waals surface area contributed by atoms with E-state index in [2.05, 4.69) is 67.8 Å². The summed E-state index contributed by atoms with van der Waals surface area (Å²) < 4.78 is 23.4. The molecule has 476 valence electrons. The normalized spacial score (nSPS) is 14.0. The lowest BCUT2D eigenvalue weighted by molar-refractivity contribution is -0.870. The zero-order valence-electron chi connectivity index (χ0n) is 54.5. The van der Waals surface area contributed by atoms with Crippen LogP contribution in [0.2, 0.25) is 0 Å². The SMILES string of the molecule is CCCCCCC/C=C\C/C=C\CCCCCCCCCCCCCCCCCCCCCCCCCC(=O)NC(COP(=O)([O-])OCC[N+](C)(C)C)C(O)/C=C/CC/C=C/CC/C=C/CCCCCCCCCCCCCCCC. The van der Waals surface area contributed by atoms with Crippen LogP contribution in [-0.2, 0) is 18.4 Å². The molecule has 0 heterocycles. The highest BCUT2D eigenvalue weighted by atomic mass is 31.2. The summed E-state index contributed by atoms with van der Waals surface area (Å²) in [5.74, 6) is -0.206. The molecule has 3 unspecified atom stereocenters. The van der Waals surface area contributed by atoms with Crippen molar-refractivity contribution in [2.75, 3.05) is 40.9 Å². The molecular formula is C72H137N2O6P. The second kappa shape index (κ2) is 62.7. The van der Waals surface area contributed by atoms with Gasteiger partial charge in [-0.3, -0.25) is 9.36 Å². The Bertz CT molecular complexity index is 1500. The van der Waals surface area contributed by atoms with E-state index >= 15 is 0 Å². The molecule has 2 N–H and O–H groups in total. The fraction of sp³-hybridized carbons (Fsp3) is 0.847. The Labute approximate surface area is 504 Å². The third-order valence-electron chi connectivity index (χ3n) is 15.9. The van der Waals surface area contributed by atoms with Crippen molar-refractivity contribution >= 4 is 13.7 Å². The zero-order valence-corrected chi connectivity index (χ0v) is 55.4. The van der Waals surface area contributed by atoms with E-state index in [1.54, 1.807) is 6.08 Å². The summed E-state index contributed by atoms with van der Waals surface area (Å²) in [7, 11) is 1.25. The number of carbonyl (C=O) groups is 1. The number of hydrogen-bond acceptors (Lipinski definition) is 6. The topological polar surface area (TPSA) is 108 Å². The number of nitrogens with one attached hydrogen (secondary N) is 1. The van der Waals surface area contributed by atoms with E-state index in [0.29, 0.717) is 17.4 Å². The Morgan fingerprint density at radius 2 is 0.728 bits per heavy atom. The van der Waals surface area contributed by atoms with E-state index < -0.39 is 26.6 Å². The van der Waals surface area contributed by atoms with Crippen molar-refractivity contribution in [3.05, 3.63) is 60.8 Å². The van der Waals surface area contributed by atoms with Crippen molar-refractivity contribution in [2.45, 2.75) is 353 Å². The van der Waals surface area contributed by atoms with Crippen molar-refractivity contribution in [3.8, 4) is 0 Å². The minimum absolute atomic E-state index is 0.00864. The Hall–Kier alpha value is -1.80. The van der Waals surface area contributed by atoms with Gasteiger partial charge in [-0.25, -0.2) is 0 Å². The number of rotatable bonds is 65. The highest BCUT2D eigenvalue weighted by molar-refractivity contribution is 7.45. The van der Waals surface area contributed by atoms with Gasteiger partial charge in [0.1, 0.15) is 13.2 Å². The van der Waals surface area contributed by atoms with E-state index in [1.807, 2.05) is 27.2 Å². The van der Waals surface area contributed by atoms with E-state index in [-0.39, 0.29) is 12.5 Å². The maximum Gasteiger partial charge on any atom is 0.268 e. The van der Waals surface area contributed by atoms with Crippen molar-refractivity contribution in [3.63, 3.8) is 0 Å². The maximum absolute atomic E-state index is 13.0. The first-order valence-electron chi connectivity index (χ1n) is 35.2. The summed E-state index contributed by atoms with van der Waals surface area (Å²) in [5, 5.41) is 13.9. The lowest BCUT2D eigenvalue weighted by Gasteiger charge is -2.29. The molecule has 0 aromatic heterocycles. The third kappa shape index (κ3) is 65.6. The minimum Gasteiger partial charge on any atom is -0.756 e. The van der Waals surface area contributed by atoms with Gasteiger partial charge >= 0.3 is 0 Å². The van der Waals surface area contributed by atoms with E-state index in [9.17, 15) is 19.4 Å². The number of phosphoric acid groups is 1. The molecule has 1 amide bonds. The van der Waals surface area contributed by atoms with Gasteiger partial charge in [0.2, 0.25) is 5.91 Å². The van der Waals surface area contributed by atoms with Crippen LogP contribution in [0.1, 0.15) is 341 Å². The van der Waals surface area contributed by atoms with Gasteiger partial charge in [0.15, 0.2) is 0 Å². The molecule has 0 aliphatic carbocycles. The van der Waals surface area contributed by atoms with Gasteiger partial charge in [0.25, 0.3) is 7.82 Å². The molecule has 0 spiro atoms. The summed E-state index contributed by atoms with van der Waals surface area (Å²) >= 11 is 0.